The Balaban J connectivity index is 2.78. The summed E-state index contributed by atoms with van der Waals surface area (Å²) in [6.45, 7) is 4.42. The monoisotopic (exact) mass is 125 g/mol. The molecule has 0 saturated heterocycles. The van der Waals surface area contributed by atoms with Crippen molar-refractivity contribution < 1.29 is 0 Å². The van der Waals surface area contributed by atoms with E-state index < -0.39 is 0 Å². The lowest BCUT2D eigenvalue weighted by Gasteiger charge is -2.11. The molecule has 0 amide bonds. The Morgan fingerprint density at radius 1 is 1.78 bits per heavy atom. The number of azo groups is 1. The van der Waals surface area contributed by atoms with Gasteiger partial charge in [0.05, 0.1) is 5.70 Å². The molecule has 0 fully saturated rings. The van der Waals surface area contributed by atoms with Gasteiger partial charge in [0.15, 0.2) is 0 Å². The number of hydrogen-bond donors (Lipinski definition) is 1. The molecule has 1 aliphatic heterocycles. The van der Waals surface area contributed by atoms with E-state index >= 15 is 0 Å². The minimum Gasteiger partial charge on any atom is -0.328 e. The molecule has 1 unspecified atom stereocenters. The van der Waals surface area contributed by atoms with Crippen LogP contribution in [-0.4, -0.2) is 12.1 Å². The molecule has 1 heterocycles. The van der Waals surface area contributed by atoms with Gasteiger partial charge in [0.25, 0.3) is 0 Å². The maximum absolute atomic E-state index is 5.43. The average Bonchev–Trinajstić information content (AvgIpc) is 2.13. The summed E-state index contributed by atoms with van der Waals surface area (Å²) < 4.78 is 0. The van der Waals surface area contributed by atoms with Crippen molar-refractivity contribution in [3.05, 3.63) is 11.8 Å². The van der Waals surface area contributed by atoms with Crippen LogP contribution >= 0.6 is 0 Å². The van der Waals surface area contributed by atoms with Gasteiger partial charge in [-0.25, -0.2) is 0 Å². The van der Waals surface area contributed by atoms with E-state index in [2.05, 4.69) is 10.2 Å². The third-order valence-corrected chi connectivity index (χ3v) is 1.37. The van der Waals surface area contributed by atoms with Crippen LogP contribution < -0.4 is 5.73 Å². The third-order valence-electron chi connectivity index (χ3n) is 1.37. The van der Waals surface area contributed by atoms with Crippen LogP contribution in [0.3, 0.4) is 0 Å². The molecule has 1 atom stereocenters. The first-order chi connectivity index (χ1) is 4.16. The van der Waals surface area contributed by atoms with Gasteiger partial charge in [0.2, 0.25) is 0 Å². The van der Waals surface area contributed by atoms with Gasteiger partial charge < -0.3 is 5.73 Å². The summed E-state index contributed by atoms with van der Waals surface area (Å²) in [4.78, 5) is 0. The van der Waals surface area contributed by atoms with E-state index in [0.717, 1.165) is 5.70 Å². The molecule has 9 heavy (non-hydrogen) atoms. The summed E-state index contributed by atoms with van der Waals surface area (Å²) in [6.07, 6.45) is 1.98. The van der Waals surface area contributed by atoms with Crippen LogP contribution in [0.15, 0.2) is 22.0 Å². The van der Waals surface area contributed by atoms with E-state index in [1.54, 1.807) is 0 Å². The highest BCUT2D eigenvalue weighted by molar-refractivity contribution is 5.14. The van der Waals surface area contributed by atoms with Crippen molar-refractivity contribution in [1.82, 2.24) is 0 Å². The maximum atomic E-state index is 5.43. The van der Waals surface area contributed by atoms with Crippen molar-refractivity contribution in [2.75, 3.05) is 6.54 Å². The highest BCUT2D eigenvalue weighted by atomic mass is 15.2. The van der Waals surface area contributed by atoms with E-state index in [1.165, 1.54) is 0 Å². The average molecular weight is 125 g/mol. The molecule has 0 aliphatic carbocycles. The zero-order valence-corrected chi connectivity index (χ0v) is 5.76. The van der Waals surface area contributed by atoms with E-state index in [9.17, 15) is 0 Å². The number of nitrogens with zero attached hydrogens (tertiary/aromatic N) is 2. The molecule has 0 aromatic carbocycles. The predicted molar refractivity (Wildman–Crippen MR) is 36.1 cm³/mol. The fourth-order valence-electron chi connectivity index (χ4n) is 0.801. The summed E-state index contributed by atoms with van der Waals surface area (Å²) in [5.74, 6) is 0. The Morgan fingerprint density at radius 3 is 2.67 bits per heavy atom. The summed E-state index contributed by atoms with van der Waals surface area (Å²) in [5.41, 5.74) is 6.17. The largest absolute Gasteiger partial charge is 0.328 e. The molecule has 2 N–H and O–H groups in total. The maximum Gasteiger partial charge on any atom is 0.111 e. The second-order valence-electron chi connectivity index (χ2n) is 2.55. The quantitative estimate of drug-likeness (QED) is 0.560. The zero-order valence-electron chi connectivity index (χ0n) is 5.76. The second kappa shape index (κ2) is 1.92. The molecule has 50 valence electrons. The molecule has 0 saturated carbocycles. The Bertz CT molecular complexity index is 171. The van der Waals surface area contributed by atoms with Gasteiger partial charge >= 0.3 is 0 Å². The molecular weight excluding hydrogens is 114 g/mol. The minimum absolute atomic E-state index is 0.218. The molecule has 1 rings (SSSR count). The summed E-state index contributed by atoms with van der Waals surface area (Å²) >= 11 is 0. The van der Waals surface area contributed by atoms with Crippen LogP contribution in [0, 0.1) is 0 Å². The summed E-state index contributed by atoms with van der Waals surface area (Å²) in [6, 6.07) is 0. The van der Waals surface area contributed by atoms with E-state index in [4.69, 9.17) is 5.73 Å². The normalized spacial score (nSPS) is 33.0. The van der Waals surface area contributed by atoms with E-state index in [0.29, 0.717) is 6.54 Å². The lowest BCUT2D eigenvalue weighted by Crippen LogP contribution is -2.27. The van der Waals surface area contributed by atoms with Crippen molar-refractivity contribution in [3.8, 4) is 0 Å². The van der Waals surface area contributed by atoms with E-state index in [-0.39, 0.29) is 5.54 Å². The SMILES string of the molecule is CC1=CC(C)(CN)N=N1. The fourth-order valence-corrected chi connectivity index (χ4v) is 0.801. The minimum atomic E-state index is -0.218. The second-order valence-corrected chi connectivity index (χ2v) is 2.55. The van der Waals surface area contributed by atoms with Gasteiger partial charge in [-0.15, -0.1) is 0 Å². The van der Waals surface area contributed by atoms with Gasteiger partial charge in [-0.1, -0.05) is 0 Å². The smallest absolute Gasteiger partial charge is 0.111 e. The molecule has 0 spiro atoms. The lowest BCUT2D eigenvalue weighted by molar-refractivity contribution is 0.591. The Labute approximate surface area is 54.7 Å². The summed E-state index contributed by atoms with van der Waals surface area (Å²) in [7, 11) is 0. The van der Waals surface area contributed by atoms with Crippen LogP contribution in [0.2, 0.25) is 0 Å². The van der Waals surface area contributed by atoms with Crippen LogP contribution in [0.5, 0.6) is 0 Å². The van der Waals surface area contributed by atoms with E-state index in [1.807, 2.05) is 19.9 Å². The first-order valence-electron chi connectivity index (χ1n) is 2.99. The molecule has 0 aromatic heterocycles. The first kappa shape index (κ1) is 6.42. The number of rotatable bonds is 1. The molecule has 0 bridgehead atoms. The van der Waals surface area contributed by atoms with Crippen LogP contribution in [0.1, 0.15) is 13.8 Å². The van der Waals surface area contributed by atoms with Gasteiger partial charge in [-0.2, -0.15) is 10.2 Å². The molecular formula is C6H11N3. The number of hydrogen-bond acceptors (Lipinski definition) is 3. The first-order valence-corrected chi connectivity index (χ1v) is 2.99. The Morgan fingerprint density at radius 2 is 2.44 bits per heavy atom. The molecule has 3 heteroatoms. The number of allylic oxidation sites excluding steroid dienone is 1. The molecule has 0 radical (unpaired) electrons. The fraction of sp³-hybridized carbons (Fsp3) is 0.667. The standard InChI is InChI=1S/C6H11N3/c1-5-3-6(2,4-7)9-8-5/h3H,4,7H2,1-2H3. The highest BCUT2D eigenvalue weighted by Crippen LogP contribution is 2.21. The van der Waals surface area contributed by atoms with Crippen molar-refractivity contribution in [1.29, 1.82) is 0 Å². The van der Waals surface area contributed by atoms with Crippen LogP contribution in [0.4, 0.5) is 0 Å². The topological polar surface area (TPSA) is 50.7 Å². The zero-order chi connectivity index (χ0) is 6.91. The van der Waals surface area contributed by atoms with Crippen molar-refractivity contribution in [3.63, 3.8) is 0 Å². The highest BCUT2D eigenvalue weighted by Gasteiger charge is 2.22. The lowest BCUT2D eigenvalue weighted by atomic mass is 10.0. The van der Waals surface area contributed by atoms with Gasteiger partial charge in [0, 0.05) is 6.54 Å². The Kier molecular flexibility index (Phi) is 1.37. The molecule has 1 aliphatic rings. The van der Waals surface area contributed by atoms with Gasteiger partial charge in [0.1, 0.15) is 5.54 Å². The van der Waals surface area contributed by atoms with Crippen molar-refractivity contribution in [2.24, 2.45) is 16.0 Å². The van der Waals surface area contributed by atoms with Gasteiger partial charge in [-0.3, -0.25) is 0 Å². The van der Waals surface area contributed by atoms with Gasteiger partial charge in [-0.05, 0) is 19.9 Å². The summed E-state index contributed by atoms with van der Waals surface area (Å²) in [5, 5.41) is 7.84. The van der Waals surface area contributed by atoms with Crippen molar-refractivity contribution >= 4 is 0 Å². The van der Waals surface area contributed by atoms with Crippen LogP contribution in [-0.2, 0) is 0 Å². The van der Waals surface area contributed by atoms with Crippen molar-refractivity contribution in [2.45, 2.75) is 19.4 Å². The Hall–Kier alpha value is -0.700. The number of nitrogens with two attached hydrogens (primary N) is 1. The van der Waals surface area contributed by atoms with Crippen LogP contribution in [0.25, 0.3) is 0 Å². The molecule has 0 aromatic rings. The third kappa shape index (κ3) is 1.16. The molecule has 3 nitrogen and oxygen atoms in total. The predicted octanol–water partition coefficient (Wildman–Crippen LogP) is 1.07.